The molecule has 4 rings (SSSR count). The third-order valence-corrected chi connectivity index (χ3v) is 4.00. The van der Waals surface area contributed by atoms with Crippen LogP contribution in [0.2, 0.25) is 0 Å². The molecule has 88 valence electrons. The van der Waals surface area contributed by atoms with Crippen LogP contribution in [-0.4, -0.2) is 40.4 Å². The molecule has 0 aromatic carbocycles. The zero-order chi connectivity index (χ0) is 11.2. The first-order valence-electron chi connectivity index (χ1n) is 6.03. The summed E-state index contributed by atoms with van der Waals surface area (Å²) in [7, 11) is 0. The smallest absolute Gasteiger partial charge is 0.139 e. The molecule has 1 atom stereocenters. The predicted molar refractivity (Wildman–Crippen MR) is 59.1 cm³/mol. The van der Waals surface area contributed by atoms with Gasteiger partial charge in [-0.2, -0.15) is 0 Å². The Morgan fingerprint density at radius 1 is 1.56 bits per heavy atom. The summed E-state index contributed by atoms with van der Waals surface area (Å²) in [6.45, 7) is 4.98. The molecule has 0 aliphatic carbocycles. The fourth-order valence-corrected chi connectivity index (χ4v) is 3.15. The molecular weight excluding hydrogens is 204 g/mol. The Hall–Kier alpha value is -0.870. The lowest BCUT2D eigenvalue weighted by molar-refractivity contribution is -0.113. The van der Waals surface area contributed by atoms with Crippen molar-refractivity contribution in [2.45, 2.75) is 31.8 Å². The topological polar surface area (TPSA) is 49.5 Å². The molecule has 0 radical (unpaired) electrons. The average Bonchev–Trinajstić information content (AvgIpc) is 2.64. The van der Waals surface area contributed by atoms with Gasteiger partial charge < -0.3 is 14.5 Å². The van der Waals surface area contributed by atoms with Gasteiger partial charge in [-0.1, -0.05) is 5.16 Å². The molecule has 3 saturated heterocycles. The van der Waals surface area contributed by atoms with Crippen molar-refractivity contribution in [2.24, 2.45) is 5.92 Å². The van der Waals surface area contributed by atoms with Crippen LogP contribution in [0.3, 0.4) is 0 Å². The van der Waals surface area contributed by atoms with Crippen molar-refractivity contribution >= 4 is 0 Å². The molecule has 1 aromatic rings. The minimum Gasteiger partial charge on any atom is -0.388 e. The number of fused-ring (bicyclic) bond motifs is 3. The van der Waals surface area contributed by atoms with E-state index in [1.165, 1.54) is 0 Å². The highest BCUT2D eigenvalue weighted by atomic mass is 16.5. The summed E-state index contributed by atoms with van der Waals surface area (Å²) >= 11 is 0. The van der Waals surface area contributed by atoms with E-state index in [1.807, 2.05) is 13.0 Å². The van der Waals surface area contributed by atoms with Gasteiger partial charge >= 0.3 is 0 Å². The molecule has 3 fully saturated rings. The zero-order valence-corrected chi connectivity index (χ0v) is 9.65. The number of hydrogen-bond donors (Lipinski definition) is 1. The van der Waals surface area contributed by atoms with Crippen molar-refractivity contribution in [1.82, 2.24) is 10.1 Å². The second kappa shape index (κ2) is 3.57. The van der Waals surface area contributed by atoms with Crippen molar-refractivity contribution in [1.29, 1.82) is 0 Å². The summed E-state index contributed by atoms with van der Waals surface area (Å²) in [5.74, 6) is 1.25. The number of nitrogens with zero attached hydrogens (tertiary/aromatic N) is 2. The van der Waals surface area contributed by atoms with Gasteiger partial charge in [0.05, 0.1) is 11.3 Å². The fourth-order valence-electron chi connectivity index (χ4n) is 3.15. The Morgan fingerprint density at radius 2 is 2.31 bits per heavy atom. The Bertz CT molecular complexity index is 382. The van der Waals surface area contributed by atoms with Crippen molar-refractivity contribution in [2.75, 3.05) is 19.6 Å². The van der Waals surface area contributed by atoms with Crippen LogP contribution in [-0.2, 0) is 6.42 Å². The summed E-state index contributed by atoms with van der Waals surface area (Å²) in [5, 5.41) is 14.6. The molecule has 0 spiro atoms. The highest BCUT2D eigenvalue weighted by Crippen LogP contribution is 2.37. The summed E-state index contributed by atoms with van der Waals surface area (Å²) in [5.41, 5.74) is 0.294. The molecular formula is C12H18N2O2. The quantitative estimate of drug-likeness (QED) is 0.810. The minimum atomic E-state index is -0.595. The number of hydrogen-bond acceptors (Lipinski definition) is 4. The molecule has 3 aliphatic rings. The zero-order valence-electron chi connectivity index (χ0n) is 9.65. The number of piperidine rings is 3. The van der Waals surface area contributed by atoms with Gasteiger partial charge in [0.15, 0.2) is 0 Å². The first-order chi connectivity index (χ1) is 7.66. The van der Waals surface area contributed by atoms with Crippen LogP contribution < -0.4 is 0 Å². The van der Waals surface area contributed by atoms with Gasteiger partial charge in [0.25, 0.3) is 0 Å². The summed E-state index contributed by atoms with van der Waals surface area (Å²) < 4.78 is 5.21. The molecule has 3 aliphatic heterocycles. The van der Waals surface area contributed by atoms with Crippen molar-refractivity contribution in [3.8, 4) is 0 Å². The summed E-state index contributed by atoms with van der Waals surface area (Å²) in [4.78, 5) is 2.35. The SMILES string of the molecule is Cc1cc(CC2(O)CN3CCC2CC3)on1. The molecule has 16 heavy (non-hydrogen) atoms. The van der Waals surface area contributed by atoms with Crippen LogP contribution in [0.4, 0.5) is 0 Å². The minimum absolute atomic E-state index is 0.433. The van der Waals surface area contributed by atoms with Crippen LogP contribution in [0.15, 0.2) is 10.6 Å². The molecule has 4 nitrogen and oxygen atoms in total. The maximum Gasteiger partial charge on any atom is 0.139 e. The average molecular weight is 222 g/mol. The van der Waals surface area contributed by atoms with E-state index in [-0.39, 0.29) is 0 Å². The number of aliphatic hydroxyl groups is 1. The molecule has 4 heterocycles. The number of rotatable bonds is 2. The van der Waals surface area contributed by atoms with Crippen LogP contribution in [0.5, 0.6) is 0 Å². The summed E-state index contributed by atoms with van der Waals surface area (Å²) in [6.07, 6.45) is 2.84. The Kier molecular flexibility index (Phi) is 2.30. The second-order valence-electron chi connectivity index (χ2n) is 5.27. The van der Waals surface area contributed by atoms with E-state index in [0.717, 1.165) is 43.9 Å². The standard InChI is InChI=1S/C12H18N2O2/c1-9-6-11(16-13-9)7-12(15)8-14-4-2-10(12)3-5-14/h6,10,15H,2-5,7-8H2,1H3. The van der Waals surface area contributed by atoms with Gasteiger partial charge in [0.1, 0.15) is 5.76 Å². The van der Waals surface area contributed by atoms with Crippen LogP contribution >= 0.6 is 0 Å². The molecule has 4 heteroatoms. The molecule has 1 unspecified atom stereocenters. The van der Waals surface area contributed by atoms with E-state index in [2.05, 4.69) is 10.1 Å². The Labute approximate surface area is 95.2 Å². The van der Waals surface area contributed by atoms with E-state index >= 15 is 0 Å². The van der Waals surface area contributed by atoms with Gasteiger partial charge in [-0.05, 0) is 38.8 Å². The van der Waals surface area contributed by atoms with Gasteiger partial charge in [-0.3, -0.25) is 0 Å². The van der Waals surface area contributed by atoms with E-state index in [1.54, 1.807) is 0 Å². The maximum atomic E-state index is 10.7. The third-order valence-electron chi connectivity index (χ3n) is 4.00. The van der Waals surface area contributed by atoms with Gasteiger partial charge in [-0.25, -0.2) is 0 Å². The second-order valence-corrected chi connectivity index (χ2v) is 5.27. The largest absolute Gasteiger partial charge is 0.388 e. The van der Waals surface area contributed by atoms with Crippen molar-refractivity contribution < 1.29 is 9.63 Å². The van der Waals surface area contributed by atoms with E-state index in [4.69, 9.17) is 4.52 Å². The number of aryl methyl sites for hydroxylation is 1. The molecule has 2 bridgehead atoms. The van der Waals surface area contributed by atoms with Crippen molar-refractivity contribution in [3.05, 3.63) is 17.5 Å². The van der Waals surface area contributed by atoms with Gasteiger partial charge in [-0.15, -0.1) is 0 Å². The Morgan fingerprint density at radius 3 is 2.81 bits per heavy atom. The molecule has 0 saturated carbocycles. The maximum absolute atomic E-state index is 10.7. The molecule has 1 N–H and O–H groups in total. The Balaban J connectivity index is 1.78. The van der Waals surface area contributed by atoms with Crippen LogP contribution in [0.25, 0.3) is 0 Å². The lowest BCUT2D eigenvalue weighted by atomic mass is 9.73. The van der Waals surface area contributed by atoms with Gasteiger partial charge in [0.2, 0.25) is 0 Å². The third kappa shape index (κ3) is 1.66. The van der Waals surface area contributed by atoms with Crippen LogP contribution in [0, 0.1) is 12.8 Å². The van der Waals surface area contributed by atoms with Crippen molar-refractivity contribution in [3.63, 3.8) is 0 Å². The van der Waals surface area contributed by atoms with Crippen LogP contribution in [0.1, 0.15) is 24.3 Å². The van der Waals surface area contributed by atoms with E-state index < -0.39 is 5.60 Å². The first kappa shape index (κ1) is 10.3. The lowest BCUT2D eigenvalue weighted by Gasteiger charge is -2.50. The van der Waals surface area contributed by atoms with E-state index in [0.29, 0.717) is 12.3 Å². The molecule has 1 aromatic heterocycles. The predicted octanol–water partition coefficient (Wildman–Crippen LogP) is 0.982. The monoisotopic (exact) mass is 222 g/mol. The molecule has 0 amide bonds. The first-order valence-corrected chi connectivity index (χ1v) is 6.03. The number of aromatic nitrogens is 1. The van der Waals surface area contributed by atoms with Gasteiger partial charge in [0, 0.05) is 19.0 Å². The normalized spacial score (nSPS) is 37.9. The fraction of sp³-hybridized carbons (Fsp3) is 0.750. The lowest BCUT2D eigenvalue weighted by Crippen LogP contribution is -2.60. The highest BCUT2D eigenvalue weighted by Gasteiger charge is 2.45. The van der Waals surface area contributed by atoms with E-state index in [9.17, 15) is 5.11 Å². The highest BCUT2D eigenvalue weighted by molar-refractivity contribution is 5.10. The summed E-state index contributed by atoms with van der Waals surface area (Å²) in [6, 6.07) is 1.93.